The number of carbonyl (C=O) groups is 1. The van der Waals surface area contributed by atoms with Crippen LogP contribution >= 0.6 is 0 Å². The van der Waals surface area contributed by atoms with Crippen LogP contribution < -0.4 is 4.72 Å². The summed E-state index contributed by atoms with van der Waals surface area (Å²) in [5, 5.41) is 19.4. The number of aliphatic carboxylic acids is 1. The van der Waals surface area contributed by atoms with Gasteiger partial charge in [0.1, 0.15) is 22.9 Å². The third-order valence-electron chi connectivity index (χ3n) is 5.78. The van der Waals surface area contributed by atoms with Gasteiger partial charge in [0, 0.05) is 22.4 Å². The molecule has 1 atom stereocenters. The molecule has 0 saturated carbocycles. The highest BCUT2D eigenvalue weighted by Gasteiger charge is 2.28. The lowest BCUT2D eigenvalue weighted by Gasteiger charge is -2.17. The average Bonchev–Trinajstić information content (AvgIpc) is 3.47. The van der Waals surface area contributed by atoms with Gasteiger partial charge in [0.2, 0.25) is 10.0 Å². The number of benzene rings is 3. The number of aromatic nitrogens is 3. The number of hydrogen-bond acceptors (Lipinski definition) is 6. The van der Waals surface area contributed by atoms with Gasteiger partial charge < -0.3 is 9.52 Å². The lowest BCUT2D eigenvalue weighted by Crippen LogP contribution is -2.44. The summed E-state index contributed by atoms with van der Waals surface area (Å²) >= 11 is 0. The molecule has 10 heteroatoms. The summed E-state index contributed by atoms with van der Waals surface area (Å²) in [7, 11) is -4.07. The third kappa shape index (κ3) is 4.29. The number of hydrogen-bond donors (Lipinski definition) is 2. The first-order chi connectivity index (χ1) is 16.7. The molecule has 0 bridgehead atoms. The maximum Gasteiger partial charge on any atom is 0.322 e. The summed E-state index contributed by atoms with van der Waals surface area (Å²) in [4.78, 5) is 11.4. The molecule has 0 aliphatic heterocycles. The second-order valence-electron chi connectivity index (χ2n) is 8.54. The van der Waals surface area contributed by atoms with Crippen molar-refractivity contribution in [3.63, 3.8) is 0 Å². The quantitative estimate of drug-likeness (QED) is 0.350. The molecule has 9 nitrogen and oxygen atoms in total. The summed E-state index contributed by atoms with van der Waals surface area (Å²) in [5.74, 6) is -1.65. The molecule has 2 aromatic heterocycles. The van der Waals surface area contributed by atoms with Gasteiger partial charge in [0.25, 0.3) is 0 Å². The van der Waals surface area contributed by atoms with E-state index in [-0.39, 0.29) is 4.90 Å². The van der Waals surface area contributed by atoms with Gasteiger partial charge in [0.15, 0.2) is 0 Å². The van der Waals surface area contributed by atoms with Gasteiger partial charge in [-0.25, -0.2) is 13.1 Å². The first kappa shape index (κ1) is 22.8. The Morgan fingerprint density at radius 1 is 1.00 bits per heavy atom. The number of rotatable bonds is 7. The predicted molar refractivity (Wildman–Crippen MR) is 131 cm³/mol. The first-order valence-electron chi connectivity index (χ1n) is 10.9. The van der Waals surface area contributed by atoms with Crippen LogP contribution in [0.3, 0.4) is 0 Å². The molecule has 0 aliphatic carbocycles. The van der Waals surface area contributed by atoms with E-state index in [1.54, 1.807) is 30.7 Å². The number of sulfonamides is 1. The van der Waals surface area contributed by atoms with E-state index in [0.717, 1.165) is 27.7 Å². The van der Waals surface area contributed by atoms with Crippen molar-refractivity contribution in [3.05, 3.63) is 72.9 Å². The maximum atomic E-state index is 12.8. The Hall–Kier alpha value is -4.02. The van der Waals surface area contributed by atoms with Crippen LogP contribution in [0.1, 0.15) is 13.8 Å². The van der Waals surface area contributed by atoms with Gasteiger partial charge in [-0.1, -0.05) is 49.4 Å². The third-order valence-corrected chi connectivity index (χ3v) is 7.22. The van der Waals surface area contributed by atoms with Crippen molar-refractivity contribution in [2.45, 2.75) is 24.8 Å². The Balaban J connectivity index is 1.50. The number of carboxylic acid groups (broad SMARTS) is 1. The Morgan fingerprint density at radius 2 is 1.77 bits per heavy atom. The van der Waals surface area contributed by atoms with Crippen molar-refractivity contribution in [1.82, 2.24) is 19.7 Å². The minimum absolute atomic E-state index is 0.0695. The molecule has 3 aromatic carbocycles. The van der Waals surface area contributed by atoms with E-state index >= 15 is 0 Å². The van der Waals surface area contributed by atoms with Crippen LogP contribution in [0.5, 0.6) is 0 Å². The molecular weight excluding hydrogens is 468 g/mol. The molecule has 2 heterocycles. The molecular formula is C25H22N4O5S. The lowest BCUT2D eigenvalue weighted by molar-refractivity contribution is -0.140. The van der Waals surface area contributed by atoms with E-state index in [4.69, 9.17) is 4.42 Å². The zero-order chi connectivity index (χ0) is 24.7. The number of fused-ring (bicyclic) bond motifs is 3. The highest BCUT2D eigenvalue weighted by Crippen LogP contribution is 2.32. The fourth-order valence-electron chi connectivity index (χ4n) is 3.89. The van der Waals surface area contributed by atoms with Crippen molar-refractivity contribution >= 4 is 37.9 Å². The van der Waals surface area contributed by atoms with Crippen LogP contribution in [0, 0.1) is 5.92 Å². The average molecular weight is 491 g/mol. The molecule has 0 spiro atoms. The second-order valence-corrected chi connectivity index (χ2v) is 10.3. The number of nitrogens with one attached hydrogen (secondary N) is 1. The first-order valence-corrected chi connectivity index (χ1v) is 12.4. The lowest BCUT2D eigenvalue weighted by atomic mass is 10.1. The van der Waals surface area contributed by atoms with Gasteiger partial charge in [-0.3, -0.25) is 4.79 Å². The van der Waals surface area contributed by atoms with Crippen molar-refractivity contribution in [1.29, 1.82) is 0 Å². The summed E-state index contributed by atoms with van der Waals surface area (Å²) in [5.41, 5.74) is 3.43. The molecule has 0 fully saturated rings. The second kappa shape index (κ2) is 8.64. The number of furan rings is 1. The summed E-state index contributed by atoms with van der Waals surface area (Å²) < 4.78 is 35.5. The monoisotopic (exact) mass is 490 g/mol. The normalized spacial score (nSPS) is 13.0. The number of nitrogens with zero attached hydrogens (tertiary/aromatic N) is 3. The van der Waals surface area contributed by atoms with Gasteiger partial charge >= 0.3 is 5.97 Å². The van der Waals surface area contributed by atoms with Crippen LogP contribution in [-0.4, -0.2) is 40.5 Å². The Kier molecular flexibility index (Phi) is 5.62. The fourth-order valence-corrected chi connectivity index (χ4v) is 5.25. The van der Waals surface area contributed by atoms with Crippen molar-refractivity contribution < 1.29 is 22.7 Å². The van der Waals surface area contributed by atoms with Crippen molar-refractivity contribution in [2.24, 2.45) is 5.92 Å². The minimum atomic E-state index is -4.07. The molecule has 0 unspecified atom stereocenters. The molecule has 0 radical (unpaired) electrons. The molecule has 0 aliphatic rings. The van der Waals surface area contributed by atoms with Crippen LogP contribution in [-0.2, 0) is 14.8 Å². The maximum absolute atomic E-state index is 12.8. The van der Waals surface area contributed by atoms with Gasteiger partial charge in [-0.2, -0.15) is 4.72 Å². The largest absolute Gasteiger partial charge is 0.480 e. The topological polar surface area (TPSA) is 127 Å². The van der Waals surface area contributed by atoms with Gasteiger partial charge in [-0.15, -0.1) is 5.10 Å². The van der Waals surface area contributed by atoms with E-state index in [9.17, 15) is 18.3 Å². The molecule has 178 valence electrons. The van der Waals surface area contributed by atoms with Crippen LogP contribution in [0.15, 0.2) is 82.2 Å². The molecule has 0 saturated heterocycles. The molecule has 5 rings (SSSR count). The van der Waals surface area contributed by atoms with E-state index < -0.39 is 28.0 Å². The zero-order valence-electron chi connectivity index (χ0n) is 18.9. The summed E-state index contributed by atoms with van der Waals surface area (Å²) in [6.45, 7) is 3.28. The minimum Gasteiger partial charge on any atom is -0.480 e. The Morgan fingerprint density at radius 3 is 2.49 bits per heavy atom. The van der Waals surface area contributed by atoms with E-state index in [2.05, 4.69) is 15.0 Å². The molecule has 0 amide bonds. The van der Waals surface area contributed by atoms with Gasteiger partial charge in [-0.05, 0) is 36.2 Å². The summed E-state index contributed by atoms with van der Waals surface area (Å²) in [6.07, 6.45) is 1.84. The summed E-state index contributed by atoms with van der Waals surface area (Å²) in [6, 6.07) is 18.5. The SMILES string of the molecule is CC(C)[C@H](NS(=O)(=O)c1ccc2c(c1)oc1ccc(-n3cc(-c4ccccc4)nn3)cc12)C(=O)O. The standard InChI is InChI=1S/C25H22N4O5S/c1-15(2)24(25(30)31)27-35(32,33)18-9-10-19-20-12-17(8-11-22(20)34-23(19)13-18)29-14-21(26-28-29)16-6-4-3-5-7-16/h3-15,24,27H,1-2H3,(H,30,31)/t24-/m0/s1. The Bertz CT molecular complexity index is 1660. The van der Waals surface area contributed by atoms with Crippen molar-refractivity contribution in [2.75, 3.05) is 0 Å². The fraction of sp³-hybridized carbons (Fsp3) is 0.160. The van der Waals surface area contributed by atoms with Crippen LogP contribution in [0.25, 0.3) is 38.9 Å². The predicted octanol–water partition coefficient (Wildman–Crippen LogP) is 4.22. The molecule has 5 aromatic rings. The number of carboxylic acids is 1. The Labute approximate surface area is 201 Å². The smallest absolute Gasteiger partial charge is 0.322 e. The zero-order valence-corrected chi connectivity index (χ0v) is 19.7. The highest BCUT2D eigenvalue weighted by molar-refractivity contribution is 7.89. The van der Waals surface area contributed by atoms with E-state index in [1.165, 1.54) is 12.1 Å². The van der Waals surface area contributed by atoms with E-state index in [0.29, 0.717) is 11.2 Å². The highest BCUT2D eigenvalue weighted by atomic mass is 32.2. The van der Waals surface area contributed by atoms with Gasteiger partial charge in [0.05, 0.1) is 16.8 Å². The van der Waals surface area contributed by atoms with E-state index in [1.807, 2.05) is 48.7 Å². The molecule has 2 N–H and O–H groups in total. The van der Waals surface area contributed by atoms with Crippen LogP contribution in [0.4, 0.5) is 0 Å². The van der Waals surface area contributed by atoms with Crippen molar-refractivity contribution in [3.8, 4) is 16.9 Å². The van der Waals surface area contributed by atoms with Crippen LogP contribution in [0.2, 0.25) is 0 Å². The molecule has 35 heavy (non-hydrogen) atoms.